The van der Waals surface area contributed by atoms with Crippen LogP contribution in [0.2, 0.25) is 0 Å². The Hall–Kier alpha value is -2.37. The molecule has 2 fully saturated rings. The molecule has 1 aromatic heterocycles. The molecule has 4 rings (SSSR count). The van der Waals surface area contributed by atoms with Gasteiger partial charge in [0.1, 0.15) is 0 Å². The van der Waals surface area contributed by atoms with Gasteiger partial charge in [0.25, 0.3) is 0 Å². The van der Waals surface area contributed by atoms with Gasteiger partial charge in [0.2, 0.25) is 11.8 Å². The zero-order valence-electron chi connectivity index (χ0n) is 14.8. The third-order valence-corrected chi connectivity index (χ3v) is 4.99. The Kier molecular flexibility index (Phi) is 4.19. The summed E-state index contributed by atoms with van der Waals surface area (Å²) in [5.74, 6) is 2.30. The second kappa shape index (κ2) is 6.50. The first-order chi connectivity index (χ1) is 12.1. The van der Waals surface area contributed by atoms with Crippen LogP contribution in [0.4, 0.5) is 10.5 Å². The summed E-state index contributed by atoms with van der Waals surface area (Å²) in [6, 6.07) is 6.06. The number of nitrogens with one attached hydrogen (secondary N) is 1. The Morgan fingerprint density at radius 1 is 1.00 bits per heavy atom. The van der Waals surface area contributed by atoms with Crippen molar-refractivity contribution in [2.45, 2.75) is 51.4 Å². The van der Waals surface area contributed by atoms with E-state index < -0.39 is 0 Å². The highest BCUT2D eigenvalue weighted by Gasteiger charge is 2.32. The molecule has 1 saturated heterocycles. The van der Waals surface area contributed by atoms with Gasteiger partial charge in [0.05, 0.1) is 0 Å². The number of piperidine rings is 1. The molecule has 6 heteroatoms. The van der Waals surface area contributed by atoms with Crippen molar-refractivity contribution in [3.05, 3.63) is 41.1 Å². The Morgan fingerprint density at radius 3 is 2.12 bits per heavy atom. The van der Waals surface area contributed by atoms with Crippen LogP contribution < -0.4 is 5.32 Å². The fraction of sp³-hybridized carbons (Fsp3) is 0.526. The van der Waals surface area contributed by atoms with Gasteiger partial charge in [-0.25, -0.2) is 4.79 Å². The number of anilines is 1. The predicted molar refractivity (Wildman–Crippen MR) is 94.8 cm³/mol. The standard InChI is InChI=1S/C19H24N4O2/c1-12-9-13(2)11-16(10-12)20-19(24)23-7-5-15(6-8-23)18-22-21-17(25-18)14-3-4-14/h9-11,14-15H,3-8H2,1-2H3,(H,20,24). The number of amides is 2. The van der Waals surface area contributed by atoms with Crippen LogP contribution in [0.25, 0.3) is 0 Å². The van der Waals surface area contributed by atoms with Crippen LogP contribution in [0, 0.1) is 13.8 Å². The zero-order valence-corrected chi connectivity index (χ0v) is 14.8. The van der Waals surface area contributed by atoms with Crippen LogP contribution >= 0.6 is 0 Å². The number of benzene rings is 1. The molecule has 2 aliphatic rings. The second-order valence-electron chi connectivity index (χ2n) is 7.32. The van der Waals surface area contributed by atoms with Crippen molar-refractivity contribution in [1.82, 2.24) is 15.1 Å². The van der Waals surface area contributed by atoms with Crippen LogP contribution in [0.1, 0.15) is 60.4 Å². The van der Waals surface area contributed by atoms with Gasteiger partial charge in [-0.05, 0) is 62.8 Å². The Morgan fingerprint density at radius 2 is 1.56 bits per heavy atom. The van der Waals surface area contributed by atoms with Gasteiger partial charge in [-0.3, -0.25) is 0 Å². The lowest BCUT2D eigenvalue weighted by Crippen LogP contribution is -2.40. The fourth-order valence-electron chi connectivity index (χ4n) is 3.49. The van der Waals surface area contributed by atoms with E-state index in [0.717, 1.165) is 41.4 Å². The van der Waals surface area contributed by atoms with E-state index in [1.54, 1.807) is 0 Å². The number of likely N-dealkylation sites (tertiary alicyclic amines) is 1. The molecule has 1 N–H and O–H groups in total. The van der Waals surface area contributed by atoms with E-state index in [2.05, 4.69) is 21.6 Å². The van der Waals surface area contributed by atoms with Crippen molar-refractivity contribution in [2.24, 2.45) is 0 Å². The number of carbonyl (C=O) groups excluding carboxylic acids is 1. The summed E-state index contributed by atoms with van der Waals surface area (Å²) >= 11 is 0. The number of nitrogens with zero attached hydrogens (tertiary/aromatic N) is 3. The largest absolute Gasteiger partial charge is 0.425 e. The van der Waals surface area contributed by atoms with Crippen molar-refractivity contribution >= 4 is 11.7 Å². The zero-order chi connectivity index (χ0) is 17.4. The SMILES string of the molecule is Cc1cc(C)cc(NC(=O)N2CCC(c3nnc(C4CC4)o3)CC2)c1. The smallest absolute Gasteiger partial charge is 0.321 e. The Labute approximate surface area is 147 Å². The highest BCUT2D eigenvalue weighted by atomic mass is 16.4. The molecule has 6 nitrogen and oxygen atoms in total. The topological polar surface area (TPSA) is 71.3 Å². The van der Waals surface area contributed by atoms with Crippen LogP contribution in [-0.4, -0.2) is 34.2 Å². The summed E-state index contributed by atoms with van der Waals surface area (Å²) in [5.41, 5.74) is 3.16. The molecule has 0 spiro atoms. The monoisotopic (exact) mass is 340 g/mol. The maximum Gasteiger partial charge on any atom is 0.321 e. The van der Waals surface area contributed by atoms with E-state index in [-0.39, 0.29) is 11.9 Å². The fourth-order valence-corrected chi connectivity index (χ4v) is 3.49. The number of aryl methyl sites for hydroxylation is 2. The van der Waals surface area contributed by atoms with E-state index in [0.29, 0.717) is 19.0 Å². The number of hydrogen-bond acceptors (Lipinski definition) is 4. The van der Waals surface area contributed by atoms with E-state index in [9.17, 15) is 4.79 Å². The lowest BCUT2D eigenvalue weighted by atomic mass is 9.97. The normalized spacial score (nSPS) is 18.4. The minimum atomic E-state index is -0.0346. The molecular formula is C19H24N4O2. The average Bonchev–Trinajstić information content (AvgIpc) is 3.31. The second-order valence-corrected chi connectivity index (χ2v) is 7.32. The van der Waals surface area contributed by atoms with Crippen LogP contribution in [0.15, 0.2) is 22.6 Å². The maximum absolute atomic E-state index is 12.5. The van der Waals surface area contributed by atoms with Gasteiger partial charge in [0.15, 0.2) is 0 Å². The number of carbonyl (C=O) groups is 1. The minimum Gasteiger partial charge on any atom is -0.425 e. The summed E-state index contributed by atoms with van der Waals surface area (Å²) in [6.45, 7) is 5.49. The molecule has 0 atom stereocenters. The van der Waals surface area contributed by atoms with Gasteiger partial charge in [-0.1, -0.05) is 6.07 Å². The molecule has 25 heavy (non-hydrogen) atoms. The van der Waals surface area contributed by atoms with Crippen molar-refractivity contribution in [3.63, 3.8) is 0 Å². The first kappa shape index (κ1) is 16.1. The number of urea groups is 1. The van der Waals surface area contributed by atoms with Crippen LogP contribution in [0.3, 0.4) is 0 Å². The van der Waals surface area contributed by atoms with Crippen LogP contribution in [0.5, 0.6) is 0 Å². The molecular weight excluding hydrogens is 316 g/mol. The lowest BCUT2D eigenvalue weighted by molar-refractivity contribution is 0.189. The van der Waals surface area contributed by atoms with E-state index in [1.807, 2.05) is 30.9 Å². The summed E-state index contributed by atoms with van der Waals surface area (Å²) in [5, 5.41) is 11.4. The van der Waals surface area contributed by atoms with Gasteiger partial charge in [-0.2, -0.15) is 0 Å². The van der Waals surface area contributed by atoms with E-state index >= 15 is 0 Å². The van der Waals surface area contributed by atoms with Crippen LogP contribution in [-0.2, 0) is 0 Å². The summed E-state index contributed by atoms with van der Waals surface area (Å²) < 4.78 is 5.82. The van der Waals surface area contributed by atoms with Crippen molar-refractivity contribution in [2.75, 3.05) is 18.4 Å². The molecule has 1 aliphatic heterocycles. The highest BCUT2D eigenvalue weighted by molar-refractivity contribution is 5.89. The van der Waals surface area contributed by atoms with Crippen molar-refractivity contribution in [1.29, 1.82) is 0 Å². The van der Waals surface area contributed by atoms with Gasteiger partial charge in [-0.15, -0.1) is 10.2 Å². The maximum atomic E-state index is 12.5. The van der Waals surface area contributed by atoms with E-state index in [1.165, 1.54) is 12.8 Å². The minimum absolute atomic E-state index is 0.0346. The van der Waals surface area contributed by atoms with Gasteiger partial charge >= 0.3 is 6.03 Å². The quantitative estimate of drug-likeness (QED) is 0.917. The molecule has 1 aliphatic carbocycles. The molecule has 0 unspecified atom stereocenters. The van der Waals surface area contributed by atoms with Crippen molar-refractivity contribution in [3.8, 4) is 0 Å². The molecule has 1 saturated carbocycles. The molecule has 2 amide bonds. The van der Waals surface area contributed by atoms with E-state index in [4.69, 9.17) is 4.42 Å². The molecule has 2 aromatic rings. The van der Waals surface area contributed by atoms with Gasteiger partial charge < -0.3 is 14.6 Å². The Bertz CT molecular complexity index is 753. The number of rotatable bonds is 3. The molecule has 2 heterocycles. The Balaban J connectivity index is 1.33. The average molecular weight is 340 g/mol. The summed E-state index contributed by atoms with van der Waals surface area (Å²) in [4.78, 5) is 14.4. The molecule has 0 bridgehead atoms. The first-order valence-electron chi connectivity index (χ1n) is 9.06. The number of hydrogen-bond donors (Lipinski definition) is 1. The lowest BCUT2D eigenvalue weighted by Gasteiger charge is -2.30. The summed E-state index contributed by atoms with van der Waals surface area (Å²) in [6.07, 6.45) is 4.07. The van der Waals surface area contributed by atoms with Gasteiger partial charge in [0, 0.05) is 30.6 Å². The molecule has 0 radical (unpaired) electrons. The van der Waals surface area contributed by atoms with Crippen molar-refractivity contribution < 1.29 is 9.21 Å². The molecule has 132 valence electrons. The summed E-state index contributed by atoms with van der Waals surface area (Å²) in [7, 11) is 0. The third kappa shape index (κ3) is 3.67. The molecule has 1 aromatic carbocycles. The third-order valence-electron chi connectivity index (χ3n) is 4.99. The number of aromatic nitrogens is 2. The predicted octanol–water partition coefficient (Wildman–Crippen LogP) is 3.98. The highest BCUT2D eigenvalue weighted by Crippen LogP contribution is 2.40. The first-order valence-corrected chi connectivity index (χ1v) is 9.06.